The van der Waals surface area contributed by atoms with E-state index in [1.165, 1.54) is 33.9 Å². The van der Waals surface area contributed by atoms with E-state index in [4.69, 9.17) is 9.15 Å². The Morgan fingerprint density at radius 3 is 2.70 bits per heavy atom. The van der Waals surface area contributed by atoms with Crippen LogP contribution in [0.4, 0.5) is 9.52 Å². The Morgan fingerprint density at radius 2 is 1.97 bits per heavy atom. The van der Waals surface area contributed by atoms with Gasteiger partial charge in [-0.05, 0) is 42.3 Å². The van der Waals surface area contributed by atoms with Crippen molar-refractivity contribution < 1.29 is 18.3 Å². The predicted molar refractivity (Wildman–Crippen MR) is 122 cm³/mol. The first-order valence-corrected chi connectivity index (χ1v) is 11.5. The number of anilines is 1. The molecular weight excluding hydrogens is 445 g/mol. The molecule has 0 saturated heterocycles. The zero-order chi connectivity index (χ0) is 22.9. The largest absolute Gasteiger partial charge is 0.494 e. The summed E-state index contributed by atoms with van der Waals surface area (Å²) in [5.74, 6) is -0.412. The topological polar surface area (TPSA) is 85.5 Å². The van der Waals surface area contributed by atoms with E-state index >= 15 is 0 Å². The van der Waals surface area contributed by atoms with Gasteiger partial charge < -0.3 is 9.15 Å². The summed E-state index contributed by atoms with van der Waals surface area (Å²) in [6, 6.07) is 10.1. The van der Waals surface area contributed by atoms with Crippen molar-refractivity contribution in [3.05, 3.63) is 80.9 Å². The zero-order valence-corrected chi connectivity index (χ0v) is 18.6. The van der Waals surface area contributed by atoms with Gasteiger partial charge in [-0.25, -0.2) is 4.39 Å². The highest BCUT2D eigenvalue weighted by Crippen LogP contribution is 2.41. The molecule has 168 valence electrons. The molecule has 1 amide bonds. The van der Waals surface area contributed by atoms with Crippen LogP contribution in [0.15, 0.2) is 57.2 Å². The van der Waals surface area contributed by atoms with Gasteiger partial charge in [0.15, 0.2) is 5.43 Å². The van der Waals surface area contributed by atoms with Crippen molar-refractivity contribution in [2.75, 3.05) is 11.5 Å². The highest BCUT2D eigenvalue weighted by Gasteiger charge is 2.45. The molecule has 0 aliphatic carbocycles. The summed E-state index contributed by atoms with van der Waals surface area (Å²) >= 11 is 1.18. The number of ether oxygens (including phenoxy) is 1. The van der Waals surface area contributed by atoms with Gasteiger partial charge in [-0.1, -0.05) is 43.2 Å². The van der Waals surface area contributed by atoms with Crippen molar-refractivity contribution in [3.63, 3.8) is 0 Å². The molecule has 0 radical (unpaired) electrons. The van der Waals surface area contributed by atoms with Crippen LogP contribution in [0, 0.1) is 5.82 Å². The SMILES string of the molecule is CCCCCOc1ccc(C2c3c(oc4ccc(F)cc4c3=O)C(=O)N2c2nncs2)cc1. The van der Waals surface area contributed by atoms with Crippen LogP contribution in [0.1, 0.15) is 53.9 Å². The predicted octanol–water partition coefficient (Wildman–Crippen LogP) is 5.10. The monoisotopic (exact) mass is 465 g/mol. The van der Waals surface area contributed by atoms with E-state index in [-0.39, 0.29) is 22.3 Å². The number of rotatable bonds is 7. The minimum Gasteiger partial charge on any atom is -0.494 e. The number of carbonyl (C=O) groups excluding carboxylic acids is 1. The summed E-state index contributed by atoms with van der Waals surface area (Å²) in [5, 5.41) is 8.31. The second kappa shape index (κ2) is 8.74. The van der Waals surface area contributed by atoms with Gasteiger partial charge in [-0.15, -0.1) is 10.2 Å². The molecule has 4 aromatic rings. The van der Waals surface area contributed by atoms with Gasteiger partial charge >= 0.3 is 0 Å². The van der Waals surface area contributed by atoms with E-state index in [1.54, 1.807) is 0 Å². The third-order valence-corrected chi connectivity index (χ3v) is 6.29. The number of amides is 1. The fourth-order valence-corrected chi connectivity index (χ4v) is 4.60. The van der Waals surface area contributed by atoms with E-state index in [9.17, 15) is 14.0 Å². The van der Waals surface area contributed by atoms with E-state index < -0.39 is 23.2 Å². The van der Waals surface area contributed by atoms with Crippen molar-refractivity contribution in [2.24, 2.45) is 0 Å². The molecule has 33 heavy (non-hydrogen) atoms. The average molecular weight is 466 g/mol. The van der Waals surface area contributed by atoms with Crippen LogP contribution >= 0.6 is 11.3 Å². The van der Waals surface area contributed by atoms with Crippen molar-refractivity contribution >= 4 is 33.3 Å². The molecule has 1 atom stereocenters. The smallest absolute Gasteiger partial charge is 0.297 e. The zero-order valence-electron chi connectivity index (χ0n) is 17.8. The quantitative estimate of drug-likeness (QED) is 0.353. The number of nitrogens with zero attached hydrogens (tertiary/aromatic N) is 3. The molecule has 0 saturated carbocycles. The van der Waals surface area contributed by atoms with Crippen molar-refractivity contribution in [1.29, 1.82) is 0 Å². The Kier molecular flexibility index (Phi) is 5.63. The molecule has 0 N–H and O–H groups in total. The maximum absolute atomic E-state index is 13.9. The van der Waals surface area contributed by atoms with Gasteiger partial charge in [0.2, 0.25) is 10.9 Å². The molecule has 1 aliphatic rings. The van der Waals surface area contributed by atoms with Crippen LogP contribution in [0.3, 0.4) is 0 Å². The Labute approximate surface area is 192 Å². The molecule has 9 heteroatoms. The van der Waals surface area contributed by atoms with Crippen LogP contribution in [0.2, 0.25) is 0 Å². The Hall–Kier alpha value is -3.59. The van der Waals surface area contributed by atoms with Crippen LogP contribution < -0.4 is 15.1 Å². The summed E-state index contributed by atoms with van der Waals surface area (Å²) < 4.78 is 25.5. The lowest BCUT2D eigenvalue weighted by Gasteiger charge is -2.22. The average Bonchev–Trinajstić information content (AvgIpc) is 3.44. The van der Waals surface area contributed by atoms with E-state index in [0.29, 0.717) is 23.1 Å². The maximum atomic E-state index is 13.9. The molecule has 0 fully saturated rings. The number of hydrogen-bond acceptors (Lipinski definition) is 7. The fourth-order valence-electron chi connectivity index (χ4n) is 4.02. The highest BCUT2D eigenvalue weighted by molar-refractivity contribution is 7.13. The van der Waals surface area contributed by atoms with Crippen LogP contribution in [-0.4, -0.2) is 22.7 Å². The van der Waals surface area contributed by atoms with Crippen LogP contribution in [0.5, 0.6) is 5.75 Å². The highest BCUT2D eigenvalue weighted by atomic mass is 32.1. The van der Waals surface area contributed by atoms with Gasteiger partial charge in [-0.3, -0.25) is 14.5 Å². The maximum Gasteiger partial charge on any atom is 0.297 e. The summed E-state index contributed by atoms with van der Waals surface area (Å²) in [6.45, 7) is 2.75. The van der Waals surface area contributed by atoms with Crippen LogP contribution in [0.25, 0.3) is 11.0 Å². The van der Waals surface area contributed by atoms with E-state index in [1.807, 2.05) is 24.3 Å². The third kappa shape index (κ3) is 3.78. The number of hydrogen-bond donors (Lipinski definition) is 0. The fraction of sp³-hybridized carbons (Fsp3) is 0.250. The summed E-state index contributed by atoms with van der Waals surface area (Å²) in [4.78, 5) is 28.2. The first kappa shape index (κ1) is 21.3. The summed E-state index contributed by atoms with van der Waals surface area (Å²) in [5.41, 5.74) is 2.06. The van der Waals surface area contributed by atoms with Crippen molar-refractivity contribution in [3.8, 4) is 5.75 Å². The first-order valence-electron chi connectivity index (χ1n) is 10.7. The molecule has 7 nitrogen and oxygen atoms in total. The lowest BCUT2D eigenvalue weighted by Crippen LogP contribution is -2.29. The second-order valence-corrected chi connectivity index (χ2v) is 8.55. The second-order valence-electron chi connectivity index (χ2n) is 7.74. The normalized spacial score (nSPS) is 15.3. The molecule has 1 aliphatic heterocycles. The molecule has 3 heterocycles. The molecule has 2 aromatic carbocycles. The molecule has 5 rings (SSSR count). The van der Waals surface area contributed by atoms with E-state index in [0.717, 1.165) is 25.3 Å². The van der Waals surface area contributed by atoms with E-state index in [2.05, 4.69) is 17.1 Å². The molecule has 0 bridgehead atoms. The third-order valence-electron chi connectivity index (χ3n) is 5.60. The molecule has 2 aromatic heterocycles. The minimum absolute atomic E-state index is 0.0702. The lowest BCUT2D eigenvalue weighted by molar-refractivity contribution is 0.0970. The first-order chi connectivity index (χ1) is 16.1. The Morgan fingerprint density at radius 1 is 1.15 bits per heavy atom. The molecular formula is C24H20FN3O4S. The van der Waals surface area contributed by atoms with Gasteiger partial charge in [-0.2, -0.15) is 0 Å². The minimum atomic E-state index is -0.779. The number of benzene rings is 2. The van der Waals surface area contributed by atoms with Gasteiger partial charge in [0.05, 0.1) is 23.6 Å². The lowest BCUT2D eigenvalue weighted by atomic mass is 9.98. The Bertz CT molecular complexity index is 1370. The molecule has 0 spiro atoms. The van der Waals surface area contributed by atoms with Crippen molar-refractivity contribution in [2.45, 2.75) is 32.2 Å². The number of fused-ring (bicyclic) bond motifs is 2. The van der Waals surface area contributed by atoms with Gasteiger partial charge in [0, 0.05) is 0 Å². The number of unbranched alkanes of at least 4 members (excludes halogenated alkanes) is 2. The number of aromatic nitrogens is 2. The summed E-state index contributed by atoms with van der Waals surface area (Å²) in [6.07, 6.45) is 3.18. The summed E-state index contributed by atoms with van der Waals surface area (Å²) in [7, 11) is 0. The van der Waals surface area contributed by atoms with Crippen molar-refractivity contribution in [1.82, 2.24) is 10.2 Å². The van der Waals surface area contributed by atoms with Gasteiger partial charge in [0.25, 0.3) is 5.91 Å². The molecule has 1 unspecified atom stereocenters. The number of carbonyl (C=O) groups is 1. The Balaban J connectivity index is 1.60. The van der Waals surface area contributed by atoms with Gasteiger partial charge in [0.1, 0.15) is 22.7 Å². The van der Waals surface area contributed by atoms with Crippen LogP contribution in [-0.2, 0) is 0 Å². The standard InChI is InChI=1S/C24H20FN3O4S/c1-2-3-4-11-31-16-8-5-14(6-9-16)20-19-21(29)17-12-15(25)7-10-18(17)32-22(19)23(30)28(20)24-27-26-13-33-24/h5-10,12-13,20H,2-4,11H2,1H3. The number of halogens is 1.